The molecule has 0 aliphatic rings. The molecule has 4 heteroatoms. The molecule has 12 heavy (non-hydrogen) atoms. The van der Waals surface area contributed by atoms with Gasteiger partial charge in [0.1, 0.15) is 5.82 Å². The minimum Gasteiger partial charge on any atom is -0.271 e. The van der Waals surface area contributed by atoms with E-state index >= 15 is 0 Å². The normalized spacial score (nSPS) is 12.4. The van der Waals surface area contributed by atoms with Gasteiger partial charge in [-0.2, -0.15) is 0 Å². The molecule has 0 aliphatic carbocycles. The maximum absolute atomic E-state index is 5.31. The maximum Gasteiger partial charge on any atom is 0.146 e. The monoisotopic (exact) mass is 164 g/mol. The molecule has 1 rings (SSSR count). The molecule has 1 heterocycles. The van der Waals surface area contributed by atoms with Crippen LogP contribution in [0.3, 0.4) is 0 Å². The first-order chi connectivity index (χ1) is 5.88. The Morgan fingerprint density at radius 2 is 2.25 bits per heavy atom. The van der Waals surface area contributed by atoms with Gasteiger partial charge in [0.15, 0.2) is 0 Å². The van der Waals surface area contributed by atoms with Crippen LogP contribution in [-0.4, -0.2) is 9.97 Å². The molecule has 1 atom stereocenters. The van der Waals surface area contributed by atoms with Crippen molar-refractivity contribution in [3.8, 4) is 0 Å². The molecule has 0 saturated heterocycles. The van der Waals surface area contributed by atoms with Gasteiger partial charge >= 0.3 is 0 Å². The molecule has 4 nitrogen and oxygen atoms in total. The summed E-state index contributed by atoms with van der Waals surface area (Å²) in [5.41, 5.74) is 2.62. The van der Waals surface area contributed by atoms with Gasteiger partial charge in [0, 0.05) is 12.4 Å². The number of aromatic nitrogens is 2. The van der Waals surface area contributed by atoms with Crippen LogP contribution in [0.4, 0.5) is 0 Å². The van der Waals surface area contributed by atoms with E-state index in [1.165, 1.54) is 0 Å². The van der Waals surface area contributed by atoms with E-state index in [0.29, 0.717) is 5.82 Å². The van der Waals surface area contributed by atoms with E-state index in [0.717, 1.165) is 6.42 Å². The topological polar surface area (TPSA) is 63.8 Å². The van der Waals surface area contributed by atoms with Gasteiger partial charge in [-0.1, -0.05) is 6.08 Å². The lowest BCUT2D eigenvalue weighted by Crippen LogP contribution is -2.28. The molecule has 0 amide bonds. The van der Waals surface area contributed by atoms with Crippen LogP contribution in [-0.2, 0) is 0 Å². The number of hydrazine groups is 1. The fourth-order valence-electron chi connectivity index (χ4n) is 0.905. The lowest BCUT2D eigenvalue weighted by molar-refractivity contribution is 0.531. The van der Waals surface area contributed by atoms with E-state index in [9.17, 15) is 0 Å². The summed E-state index contributed by atoms with van der Waals surface area (Å²) in [4.78, 5) is 8.13. The summed E-state index contributed by atoms with van der Waals surface area (Å²) < 4.78 is 0. The molecular formula is C8H12N4. The number of nitrogens with zero attached hydrogens (tertiary/aromatic N) is 2. The fourth-order valence-corrected chi connectivity index (χ4v) is 0.905. The molecule has 1 unspecified atom stereocenters. The van der Waals surface area contributed by atoms with Gasteiger partial charge in [0.25, 0.3) is 0 Å². The Balaban J connectivity index is 2.72. The van der Waals surface area contributed by atoms with Gasteiger partial charge in [-0.05, 0) is 12.5 Å². The van der Waals surface area contributed by atoms with Crippen molar-refractivity contribution >= 4 is 0 Å². The van der Waals surface area contributed by atoms with Crippen LogP contribution in [0, 0.1) is 0 Å². The summed E-state index contributed by atoms with van der Waals surface area (Å²) in [6.45, 7) is 3.62. The van der Waals surface area contributed by atoms with Crippen molar-refractivity contribution in [3.63, 3.8) is 0 Å². The van der Waals surface area contributed by atoms with Gasteiger partial charge in [-0.3, -0.25) is 5.84 Å². The fraction of sp³-hybridized carbons (Fsp3) is 0.250. The van der Waals surface area contributed by atoms with E-state index in [4.69, 9.17) is 5.84 Å². The van der Waals surface area contributed by atoms with Crippen molar-refractivity contribution in [2.24, 2.45) is 5.84 Å². The summed E-state index contributed by atoms with van der Waals surface area (Å²) >= 11 is 0. The van der Waals surface area contributed by atoms with Gasteiger partial charge in [0.05, 0.1) is 6.04 Å². The highest BCUT2D eigenvalue weighted by Gasteiger charge is 2.08. The van der Waals surface area contributed by atoms with Crippen molar-refractivity contribution in [2.75, 3.05) is 0 Å². The third kappa shape index (κ3) is 2.11. The van der Waals surface area contributed by atoms with Crippen LogP contribution >= 0.6 is 0 Å². The van der Waals surface area contributed by atoms with Crippen LogP contribution in [0.15, 0.2) is 31.1 Å². The summed E-state index contributed by atoms with van der Waals surface area (Å²) in [7, 11) is 0. The minimum absolute atomic E-state index is 0.0382. The highest BCUT2D eigenvalue weighted by Crippen LogP contribution is 2.09. The zero-order valence-electron chi connectivity index (χ0n) is 6.77. The molecule has 0 aliphatic heterocycles. The Morgan fingerprint density at radius 3 is 2.75 bits per heavy atom. The summed E-state index contributed by atoms with van der Waals surface area (Å²) in [5, 5.41) is 0. The van der Waals surface area contributed by atoms with Gasteiger partial charge in [-0.15, -0.1) is 6.58 Å². The lowest BCUT2D eigenvalue weighted by Gasteiger charge is -2.10. The van der Waals surface area contributed by atoms with E-state index < -0.39 is 0 Å². The number of hydrogen-bond acceptors (Lipinski definition) is 4. The molecular weight excluding hydrogens is 152 g/mol. The second kappa shape index (κ2) is 4.58. The van der Waals surface area contributed by atoms with Crippen LogP contribution in [0.2, 0.25) is 0 Å². The smallest absolute Gasteiger partial charge is 0.146 e. The Kier molecular flexibility index (Phi) is 3.37. The lowest BCUT2D eigenvalue weighted by atomic mass is 10.2. The van der Waals surface area contributed by atoms with Crippen molar-refractivity contribution in [2.45, 2.75) is 12.5 Å². The van der Waals surface area contributed by atoms with Crippen molar-refractivity contribution in [3.05, 3.63) is 36.9 Å². The Morgan fingerprint density at radius 1 is 1.58 bits per heavy atom. The van der Waals surface area contributed by atoms with Gasteiger partial charge in [-0.25, -0.2) is 15.4 Å². The summed E-state index contributed by atoms with van der Waals surface area (Å²) in [6, 6.07) is 1.73. The van der Waals surface area contributed by atoms with Gasteiger partial charge < -0.3 is 0 Å². The number of hydrogen-bond donors (Lipinski definition) is 2. The number of nitrogens with one attached hydrogen (secondary N) is 1. The summed E-state index contributed by atoms with van der Waals surface area (Å²) in [6.07, 6.45) is 5.88. The highest BCUT2D eigenvalue weighted by atomic mass is 15.2. The van der Waals surface area contributed by atoms with Crippen LogP contribution in [0.25, 0.3) is 0 Å². The molecule has 64 valence electrons. The van der Waals surface area contributed by atoms with Crippen molar-refractivity contribution < 1.29 is 0 Å². The standard InChI is InChI=1S/C8H12N4/c1-2-4-7(12-9)8-10-5-3-6-11-8/h2-3,5-7,12H,1,4,9H2. The second-order valence-electron chi connectivity index (χ2n) is 2.35. The quantitative estimate of drug-likeness (QED) is 0.387. The van der Waals surface area contributed by atoms with E-state index in [2.05, 4.69) is 22.0 Å². The number of nitrogens with two attached hydrogens (primary N) is 1. The molecule has 0 fully saturated rings. The zero-order chi connectivity index (χ0) is 8.81. The van der Waals surface area contributed by atoms with E-state index in [1.54, 1.807) is 24.5 Å². The zero-order valence-corrected chi connectivity index (χ0v) is 6.77. The molecule has 0 bridgehead atoms. The molecule has 1 aromatic heterocycles. The van der Waals surface area contributed by atoms with Crippen LogP contribution in [0.1, 0.15) is 18.3 Å². The average Bonchev–Trinajstić information content (AvgIpc) is 2.15. The first kappa shape index (κ1) is 8.83. The predicted octanol–water partition coefficient (Wildman–Crippen LogP) is 0.557. The molecule has 0 radical (unpaired) electrons. The second-order valence-corrected chi connectivity index (χ2v) is 2.35. The van der Waals surface area contributed by atoms with E-state index in [-0.39, 0.29) is 6.04 Å². The Labute approximate surface area is 71.5 Å². The first-order valence-electron chi connectivity index (χ1n) is 3.72. The van der Waals surface area contributed by atoms with Gasteiger partial charge in [0.2, 0.25) is 0 Å². The predicted molar refractivity (Wildman–Crippen MR) is 46.9 cm³/mol. The average molecular weight is 164 g/mol. The molecule has 0 aromatic carbocycles. The highest BCUT2D eigenvalue weighted by molar-refractivity contribution is 4.97. The third-order valence-corrected chi connectivity index (χ3v) is 1.50. The maximum atomic E-state index is 5.31. The molecule has 3 N–H and O–H groups in total. The SMILES string of the molecule is C=CCC(NN)c1ncccn1. The molecule has 1 aromatic rings. The molecule has 0 saturated carbocycles. The third-order valence-electron chi connectivity index (χ3n) is 1.50. The Bertz CT molecular complexity index is 234. The van der Waals surface area contributed by atoms with Crippen LogP contribution < -0.4 is 11.3 Å². The van der Waals surface area contributed by atoms with E-state index in [1.807, 2.05) is 0 Å². The Hall–Kier alpha value is -1.26. The number of rotatable bonds is 4. The minimum atomic E-state index is -0.0382. The first-order valence-corrected chi connectivity index (χ1v) is 3.72. The van der Waals surface area contributed by atoms with Crippen molar-refractivity contribution in [1.29, 1.82) is 0 Å². The molecule has 0 spiro atoms. The largest absolute Gasteiger partial charge is 0.271 e. The summed E-state index contributed by atoms with van der Waals surface area (Å²) in [5.74, 6) is 6.01. The van der Waals surface area contributed by atoms with Crippen LogP contribution in [0.5, 0.6) is 0 Å². The van der Waals surface area contributed by atoms with Crippen molar-refractivity contribution in [1.82, 2.24) is 15.4 Å².